The Balaban J connectivity index is 2.08. The van der Waals surface area contributed by atoms with Crippen LogP contribution in [0.2, 0.25) is 5.02 Å². The molecule has 0 atom stereocenters. The van der Waals surface area contributed by atoms with E-state index in [0.29, 0.717) is 0 Å². The van der Waals surface area contributed by atoms with Crippen molar-refractivity contribution >= 4 is 23.5 Å². The molecule has 1 N–H and O–H groups in total. The van der Waals surface area contributed by atoms with Gasteiger partial charge in [-0.1, -0.05) is 11.6 Å². The van der Waals surface area contributed by atoms with Crippen LogP contribution in [0.4, 0.5) is 5.88 Å². The first-order valence-corrected chi connectivity index (χ1v) is 5.74. The third-order valence-corrected chi connectivity index (χ3v) is 2.71. The van der Waals surface area contributed by atoms with Crippen molar-refractivity contribution in [2.45, 2.75) is 6.61 Å². The van der Waals surface area contributed by atoms with Crippen molar-refractivity contribution in [1.29, 1.82) is 0 Å². The summed E-state index contributed by atoms with van der Waals surface area (Å²) in [5, 5.41) is 19.4. The summed E-state index contributed by atoms with van der Waals surface area (Å²) in [6, 6.07) is 6.77. The zero-order valence-electron chi connectivity index (χ0n) is 9.91. The molecule has 0 fully saturated rings. The molecule has 20 heavy (non-hydrogen) atoms. The maximum atomic E-state index is 10.9. The number of carboxylic acid groups (broad SMARTS) is 1. The van der Waals surface area contributed by atoms with Crippen LogP contribution in [0.3, 0.4) is 0 Å². The lowest BCUT2D eigenvalue weighted by Crippen LogP contribution is -2.00. The molecule has 7 nitrogen and oxygen atoms in total. The zero-order valence-corrected chi connectivity index (χ0v) is 10.7. The molecule has 0 amide bonds. The average molecular weight is 298 g/mol. The number of hydrogen-bond donors (Lipinski definition) is 1. The first-order valence-electron chi connectivity index (χ1n) is 5.36. The van der Waals surface area contributed by atoms with Gasteiger partial charge in [-0.2, -0.15) is 0 Å². The van der Waals surface area contributed by atoms with Gasteiger partial charge >= 0.3 is 11.9 Å². The number of aromatic carboxylic acids is 1. The Kier molecular flexibility index (Phi) is 3.90. The molecule has 0 saturated heterocycles. The second kappa shape index (κ2) is 5.62. The van der Waals surface area contributed by atoms with Crippen LogP contribution >= 0.6 is 11.6 Å². The Labute approximate surface area is 117 Å². The summed E-state index contributed by atoms with van der Waals surface area (Å²) >= 11 is 5.72. The Morgan fingerprint density at radius 1 is 1.40 bits per heavy atom. The Hall–Kier alpha value is -2.54. The number of furan rings is 1. The summed E-state index contributed by atoms with van der Waals surface area (Å²) in [5.74, 6) is -1.03. The second-order valence-electron chi connectivity index (χ2n) is 3.73. The minimum Gasteiger partial charge on any atom is -0.486 e. The monoisotopic (exact) mass is 297 g/mol. The van der Waals surface area contributed by atoms with Crippen molar-refractivity contribution in [2.75, 3.05) is 0 Å². The molecule has 1 aromatic carbocycles. The van der Waals surface area contributed by atoms with E-state index in [2.05, 4.69) is 0 Å². The Bertz CT molecular complexity index is 666. The van der Waals surface area contributed by atoms with Crippen LogP contribution in [0.25, 0.3) is 0 Å². The molecule has 2 rings (SSSR count). The predicted octanol–water partition coefficient (Wildman–Crippen LogP) is 3.12. The predicted molar refractivity (Wildman–Crippen MR) is 68.1 cm³/mol. The molecule has 0 bridgehead atoms. The van der Waals surface area contributed by atoms with Crippen molar-refractivity contribution in [3.05, 3.63) is 56.8 Å². The number of benzene rings is 1. The van der Waals surface area contributed by atoms with Gasteiger partial charge in [0.05, 0.1) is 16.7 Å². The second-order valence-corrected chi connectivity index (χ2v) is 4.14. The van der Waals surface area contributed by atoms with Gasteiger partial charge in [-0.25, -0.2) is 4.79 Å². The fraction of sp³-hybridized carbons (Fsp3) is 0.0833. The summed E-state index contributed by atoms with van der Waals surface area (Å²) in [4.78, 5) is 20.7. The third-order valence-electron chi connectivity index (χ3n) is 2.38. The number of carbonyl (C=O) groups is 1. The standard InChI is InChI=1S/C12H8ClNO6/c13-10-3-1-7(5-9(10)12(15)16)19-6-8-2-4-11(20-8)14(17)18/h1-5H,6H2,(H,15,16). The van der Waals surface area contributed by atoms with E-state index in [9.17, 15) is 14.9 Å². The Morgan fingerprint density at radius 2 is 2.15 bits per heavy atom. The molecule has 104 valence electrons. The number of halogens is 1. The summed E-state index contributed by atoms with van der Waals surface area (Å²) < 4.78 is 10.2. The van der Waals surface area contributed by atoms with Gasteiger partial charge in [-0.05, 0) is 24.3 Å². The minimum absolute atomic E-state index is 0.0610. The molecule has 0 spiro atoms. The highest BCUT2D eigenvalue weighted by Gasteiger charge is 2.13. The van der Waals surface area contributed by atoms with Gasteiger partial charge < -0.3 is 14.3 Å². The molecule has 0 unspecified atom stereocenters. The quantitative estimate of drug-likeness (QED) is 0.672. The van der Waals surface area contributed by atoms with Crippen LogP contribution < -0.4 is 4.74 Å². The van der Waals surface area contributed by atoms with Crippen LogP contribution in [0.15, 0.2) is 34.7 Å². The average Bonchev–Trinajstić information content (AvgIpc) is 2.86. The lowest BCUT2D eigenvalue weighted by molar-refractivity contribution is -0.402. The number of hydrogen-bond acceptors (Lipinski definition) is 5. The molecule has 0 saturated carbocycles. The SMILES string of the molecule is O=C(O)c1cc(OCc2ccc([N+](=O)[O-])o2)ccc1Cl. The first-order chi connectivity index (χ1) is 9.47. The lowest BCUT2D eigenvalue weighted by Gasteiger charge is -2.06. The molecule has 8 heteroatoms. The van der Waals surface area contributed by atoms with Gasteiger partial charge in [0.15, 0.2) is 0 Å². The summed E-state index contributed by atoms with van der Waals surface area (Å²) in [6.45, 7) is -0.0610. The van der Waals surface area contributed by atoms with Crippen LogP contribution in [-0.2, 0) is 6.61 Å². The van der Waals surface area contributed by atoms with Crippen LogP contribution in [0.1, 0.15) is 16.1 Å². The molecule has 1 heterocycles. The number of carboxylic acids is 1. The smallest absolute Gasteiger partial charge is 0.433 e. The van der Waals surface area contributed by atoms with Gasteiger partial charge in [0.2, 0.25) is 0 Å². The first kappa shape index (κ1) is 13.9. The zero-order chi connectivity index (χ0) is 14.7. The van der Waals surface area contributed by atoms with E-state index in [0.717, 1.165) is 0 Å². The van der Waals surface area contributed by atoms with Gasteiger partial charge in [0, 0.05) is 0 Å². The molecule has 0 aliphatic carbocycles. The molecular formula is C12H8ClNO6. The van der Waals surface area contributed by atoms with Gasteiger partial charge in [0.1, 0.15) is 23.0 Å². The molecule has 2 aromatic rings. The molecule has 0 aliphatic rings. The van der Waals surface area contributed by atoms with E-state index in [4.69, 9.17) is 25.9 Å². The van der Waals surface area contributed by atoms with Crippen LogP contribution in [0, 0.1) is 10.1 Å². The highest BCUT2D eigenvalue weighted by atomic mass is 35.5. The number of nitro groups is 1. The van der Waals surface area contributed by atoms with Crippen molar-refractivity contribution in [1.82, 2.24) is 0 Å². The van der Waals surface area contributed by atoms with E-state index < -0.39 is 10.9 Å². The number of ether oxygens (including phenoxy) is 1. The number of nitrogens with zero attached hydrogens (tertiary/aromatic N) is 1. The topological polar surface area (TPSA) is 103 Å². The lowest BCUT2D eigenvalue weighted by atomic mass is 10.2. The largest absolute Gasteiger partial charge is 0.486 e. The Morgan fingerprint density at radius 3 is 2.75 bits per heavy atom. The van der Waals surface area contributed by atoms with E-state index >= 15 is 0 Å². The van der Waals surface area contributed by atoms with Crippen molar-refractivity contribution in [3.8, 4) is 5.75 Å². The van der Waals surface area contributed by atoms with Crippen molar-refractivity contribution < 1.29 is 24.0 Å². The van der Waals surface area contributed by atoms with Crippen molar-refractivity contribution in [3.63, 3.8) is 0 Å². The van der Waals surface area contributed by atoms with E-state index in [1.807, 2.05) is 0 Å². The third kappa shape index (κ3) is 3.07. The molecule has 1 aromatic heterocycles. The summed E-state index contributed by atoms with van der Waals surface area (Å²) in [5.41, 5.74) is -0.0883. The maximum absolute atomic E-state index is 10.9. The normalized spacial score (nSPS) is 10.2. The van der Waals surface area contributed by atoms with Gasteiger partial charge in [0.25, 0.3) is 0 Å². The van der Waals surface area contributed by atoms with Crippen molar-refractivity contribution in [2.24, 2.45) is 0 Å². The summed E-state index contributed by atoms with van der Waals surface area (Å²) in [7, 11) is 0. The molecule has 0 aliphatic heterocycles. The fourth-order valence-corrected chi connectivity index (χ4v) is 1.65. The highest BCUT2D eigenvalue weighted by molar-refractivity contribution is 6.33. The molecular weight excluding hydrogens is 290 g/mol. The van der Waals surface area contributed by atoms with Crippen LogP contribution in [-0.4, -0.2) is 16.0 Å². The maximum Gasteiger partial charge on any atom is 0.433 e. The van der Waals surface area contributed by atoms with Gasteiger partial charge in [-0.15, -0.1) is 0 Å². The van der Waals surface area contributed by atoms with Crippen LogP contribution in [0.5, 0.6) is 5.75 Å². The highest BCUT2D eigenvalue weighted by Crippen LogP contribution is 2.23. The minimum atomic E-state index is -1.17. The van der Waals surface area contributed by atoms with E-state index in [1.165, 1.54) is 30.3 Å². The summed E-state index contributed by atoms with van der Waals surface area (Å²) in [6.07, 6.45) is 0. The van der Waals surface area contributed by atoms with E-state index in [-0.39, 0.29) is 34.6 Å². The number of rotatable bonds is 5. The van der Waals surface area contributed by atoms with E-state index in [1.54, 1.807) is 0 Å². The fourth-order valence-electron chi connectivity index (χ4n) is 1.45. The molecule has 0 radical (unpaired) electrons. The van der Waals surface area contributed by atoms with Gasteiger partial charge in [-0.3, -0.25) is 10.1 Å².